The molecule has 0 bridgehead atoms. The maximum atomic E-state index is 9.91. The third kappa shape index (κ3) is 2.45. The van der Waals surface area contributed by atoms with Crippen LogP contribution >= 0.6 is 0 Å². The van der Waals surface area contributed by atoms with Crippen molar-refractivity contribution in [3.8, 4) is 6.07 Å². The predicted molar refractivity (Wildman–Crippen MR) is 88.7 cm³/mol. The summed E-state index contributed by atoms with van der Waals surface area (Å²) in [7, 11) is 0. The number of aromatic amines is 1. The van der Waals surface area contributed by atoms with Gasteiger partial charge < -0.3 is 5.32 Å². The first kappa shape index (κ1) is 14.2. The van der Waals surface area contributed by atoms with E-state index >= 15 is 0 Å². The van der Waals surface area contributed by atoms with Gasteiger partial charge in [-0.05, 0) is 31.5 Å². The zero-order valence-corrected chi connectivity index (χ0v) is 12.9. The Labute approximate surface area is 135 Å². The highest BCUT2D eigenvalue weighted by Gasteiger charge is 2.38. The Morgan fingerprint density at radius 1 is 1.13 bits per heavy atom. The number of piperidine rings is 1. The van der Waals surface area contributed by atoms with Crippen molar-refractivity contribution < 1.29 is 0 Å². The maximum absolute atomic E-state index is 9.91. The number of nitrogens with one attached hydrogen (secondary N) is 2. The first-order valence-corrected chi connectivity index (χ1v) is 8.15. The summed E-state index contributed by atoms with van der Waals surface area (Å²) in [5.41, 5.74) is 3.21. The molecule has 2 N–H and O–H groups in total. The van der Waals surface area contributed by atoms with Gasteiger partial charge in [-0.15, -0.1) is 0 Å². The third-order valence-corrected chi connectivity index (χ3v) is 4.93. The monoisotopic (exact) mass is 305 g/mol. The molecule has 0 amide bonds. The van der Waals surface area contributed by atoms with Crippen molar-refractivity contribution in [1.29, 1.82) is 5.26 Å². The van der Waals surface area contributed by atoms with Crippen LogP contribution in [0.1, 0.15) is 29.9 Å². The van der Waals surface area contributed by atoms with Gasteiger partial charge >= 0.3 is 0 Å². The van der Waals surface area contributed by atoms with E-state index in [4.69, 9.17) is 4.99 Å². The molecule has 2 aromatic rings. The molecule has 5 nitrogen and oxygen atoms in total. The lowest BCUT2D eigenvalue weighted by Crippen LogP contribution is -2.37. The number of H-pyrrole nitrogens is 1. The molecule has 2 atom stereocenters. The van der Waals surface area contributed by atoms with Crippen molar-refractivity contribution in [3.05, 3.63) is 47.7 Å². The minimum Gasteiger partial charge on any atom is -0.317 e. The van der Waals surface area contributed by atoms with Crippen LogP contribution in [0.3, 0.4) is 0 Å². The smallest absolute Gasteiger partial charge is 0.151 e. The van der Waals surface area contributed by atoms with E-state index in [1.54, 1.807) is 0 Å². The molecule has 116 valence electrons. The van der Waals surface area contributed by atoms with Gasteiger partial charge in [-0.1, -0.05) is 30.3 Å². The highest BCUT2D eigenvalue weighted by molar-refractivity contribution is 5.96. The third-order valence-electron chi connectivity index (χ3n) is 4.93. The second-order valence-corrected chi connectivity index (χ2v) is 6.23. The maximum Gasteiger partial charge on any atom is 0.151 e. The number of aromatic nitrogens is 2. The fraction of sp³-hybridized carbons (Fsp3) is 0.389. The standard InChI is InChI=1S/C18H19N5/c19-10-14-16(12-4-2-1-3-5-12)15-11-21-23-18(15)22-17(14)13-6-8-20-9-7-13/h1-5,11,13-14,16,20H,6-9H2,(H,21,23). The van der Waals surface area contributed by atoms with Crippen LogP contribution < -0.4 is 5.32 Å². The molecule has 0 aliphatic carbocycles. The minimum atomic E-state index is -0.217. The molecule has 2 unspecified atom stereocenters. The summed E-state index contributed by atoms with van der Waals surface area (Å²) < 4.78 is 0. The highest BCUT2D eigenvalue weighted by atomic mass is 15.2. The van der Waals surface area contributed by atoms with Crippen molar-refractivity contribution >= 4 is 11.5 Å². The lowest BCUT2D eigenvalue weighted by atomic mass is 9.73. The minimum absolute atomic E-state index is 0.0114. The van der Waals surface area contributed by atoms with Gasteiger partial charge in [-0.3, -0.25) is 5.10 Å². The van der Waals surface area contributed by atoms with Gasteiger partial charge in [-0.2, -0.15) is 10.4 Å². The molecule has 4 rings (SSSR count). The van der Waals surface area contributed by atoms with E-state index < -0.39 is 0 Å². The Morgan fingerprint density at radius 3 is 2.65 bits per heavy atom. The molecule has 1 fully saturated rings. The lowest BCUT2D eigenvalue weighted by Gasteiger charge is -2.33. The lowest BCUT2D eigenvalue weighted by molar-refractivity contribution is 0.443. The van der Waals surface area contributed by atoms with Crippen molar-refractivity contribution in [1.82, 2.24) is 15.5 Å². The number of fused-ring (bicyclic) bond motifs is 1. The molecule has 2 aliphatic heterocycles. The predicted octanol–water partition coefficient (Wildman–Crippen LogP) is 2.77. The second-order valence-electron chi connectivity index (χ2n) is 6.23. The summed E-state index contributed by atoms with van der Waals surface area (Å²) >= 11 is 0. The molecule has 3 heterocycles. The number of nitrogens with zero attached hydrogens (tertiary/aromatic N) is 3. The molecular weight excluding hydrogens is 286 g/mol. The SMILES string of the molecule is N#CC1C(C2CCNCC2)=Nc2[nH]ncc2C1c1ccccc1. The fourth-order valence-corrected chi connectivity index (χ4v) is 3.79. The van der Waals surface area contributed by atoms with E-state index in [1.807, 2.05) is 24.4 Å². The van der Waals surface area contributed by atoms with Crippen LogP contribution in [0.2, 0.25) is 0 Å². The molecule has 0 saturated carbocycles. The number of nitriles is 1. The molecule has 1 aromatic heterocycles. The zero-order valence-electron chi connectivity index (χ0n) is 12.9. The largest absolute Gasteiger partial charge is 0.317 e. The Morgan fingerprint density at radius 2 is 1.91 bits per heavy atom. The molecular formula is C18H19N5. The molecule has 0 spiro atoms. The summed E-state index contributed by atoms with van der Waals surface area (Å²) in [4.78, 5) is 4.81. The van der Waals surface area contributed by atoms with Crippen LogP contribution in [0.4, 0.5) is 5.82 Å². The Bertz CT molecular complexity index is 749. The second kappa shape index (κ2) is 5.98. The first-order valence-electron chi connectivity index (χ1n) is 8.15. The normalized spacial score (nSPS) is 24.6. The number of aliphatic imine (C=N–C) groups is 1. The van der Waals surface area contributed by atoms with Crippen molar-refractivity contribution in [3.63, 3.8) is 0 Å². The van der Waals surface area contributed by atoms with Gasteiger partial charge in [-0.25, -0.2) is 4.99 Å². The Kier molecular flexibility index (Phi) is 3.68. The van der Waals surface area contributed by atoms with Crippen LogP contribution in [-0.2, 0) is 0 Å². The Balaban J connectivity index is 1.81. The topological polar surface area (TPSA) is 76.9 Å². The highest BCUT2D eigenvalue weighted by Crippen LogP contribution is 2.43. The van der Waals surface area contributed by atoms with E-state index in [-0.39, 0.29) is 11.8 Å². The fourth-order valence-electron chi connectivity index (χ4n) is 3.79. The van der Waals surface area contributed by atoms with Crippen LogP contribution in [-0.4, -0.2) is 29.0 Å². The first-order chi connectivity index (χ1) is 11.4. The summed E-state index contributed by atoms with van der Waals surface area (Å²) in [6.45, 7) is 1.99. The van der Waals surface area contributed by atoms with Gasteiger partial charge in [0.15, 0.2) is 5.82 Å². The molecule has 2 aliphatic rings. The van der Waals surface area contributed by atoms with Crippen LogP contribution in [0.25, 0.3) is 0 Å². The van der Waals surface area contributed by atoms with Crippen molar-refractivity contribution in [2.75, 3.05) is 13.1 Å². The number of hydrogen-bond acceptors (Lipinski definition) is 4. The van der Waals surface area contributed by atoms with E-state index in [9.17, 15) is 5.26 Å². The van der Waals surface area contributed by atoms with Gasteiger partial charge in [0.1, 0.15) is 0 Å². The van der Waals surface area contributed by atoms with Crippen molar-refractivity contribution in [2.24, 2.45) is 16.8 Å². The average Bonchev–Trinajstić information content (AvgIpc) is 3.09. The van der Waals surface area contributed by atoms with Crippen LogP contribution in [0, 0.1) is 23.2 Å². The summed E-state index contributed by atoms with van der Waals surface area (Å²) in [5, 5.41) is 20.5. The van der Waals surface area contributed by atoms with Crippen LogP contribution in [0.15, 0.2) is 41.5 Å². The zero-order chi connectivity index (χ0) is 15.6. The average molecular weight is 305 g/mol. The summed E-state index contributed by atoms with van der Waals surface area (Å²) in [5.74, 6) is 0.991. The van der Waals surface area contributed by atoms with Gasteiger partial charge in [0.25, 0.3) is 0 Å². The van der Waals surface area contributed by atoms with E-state index in [0.29, 0.717) is 5.92 Å². The number of benzene rings is 1. The van der Waals surface area contributed by atoms with E-state index in [1.165, 1.54) is 0 Å². The van der Waals surface area contributed by atoms with E-state index in [0.717, 1.165) is 48.6 Å². The van der Waals surface area contributed by atoms with Gasteiger partial charge in [0, 0.05) is 23.1 Å². The summed E-state index contributed by atoms with van der Waals surface area (Å²) in [6, 6.07) is 12.8. The van der Waals surface area contributed by atoms with Crippen LogP contribution in [0.5, 0.6) is 0 Å². The summed E-state index contributed by atoms with van der Waals surface area (Å²) in [6.07, 6.45) is 3.91. The number of hydrogen-bond donors (Lipinski definition) is 2. The molecule has 23 heavy (non-hydrogen) atoms. The molecule has 1 aromatic carbocycles. The molecule has 1 saturated heterocycles. The van der Waals surface area contributed by atoms with Gasteiger partial charge in [0.2, 0.25) is 0 Å². The Hall–Kier alpha value is -2.45. The van der Waals surface area contributed by atoms with Gasteiger partial charge in [0.05, 0.1) is 18.2 Å². The van der Waals surface area contributed by atoms with Crippen molar-refractivity contribution in [2.45, 2.75) is 18.8 Å². The van der Waals surface area contributed by atoms with E-state index in [2.05, 4.69) is 33.7 Å². The number of rotatable bonds is 2. The molecule has 5 heteroatoms. The quantitative estimate of drug-likeness (QED) is 0.895. The molecule has 0 radical (unpaired) electrons.